The third kappa shape index (κ3) is 2.44. The fourth-order valence-electron chi connectivity index (χ4n) is 2.07. The quantitative estimate of drug-likeness (QED) is 0.677. The van der Waals surface area contributed by atoms with Crippen LogP contribution in [0.5, 0.6) is 0 Å². The van der Waals surface area contributed by atoms with Crippen molar-refractivity contribution in [3.63, 3.8) is 0 Å². The Kier molecular flexibility index (Phi) is 2.54. The maximum absolute atomic E-state index is 11.4. The summed E-state index contributed by atoms with van der Waals surface area (Å²) in [4.78, 5) is 11.4. The zero-order valence-corrected chi connectivity index (χ0v) is 7.96. The van der Waals surface area contributed by atoms with Gasteiger partial charge in [0.15, 0.2) is 0 Å². The van der Waals surface area contributed by atoms with Crippen LogP contribution in [0.25, 0.3) is 0 Å². The van der Waals surface area contributed by atoms with Crippen LogP contribution >= 0.6 is 0 Å². The minimum absolute atomic E-state index is 0.213. The lowest BCUT2D eigenvalue weighted by Gasteiger charge is -2.14. The summed E-state index contributed by atoms with van der Waals surface area (Å²) >= 11 is 0. The van der Waals surface area contributed by atoms with E-state index in [9.17, 15) is 4.79 Å². The van der Waals surface area contributed by atoms with Crippen molar-refractivity contribution in [1.29, 1.82) is 0 Å². The average Bonchev–Trinajstić information content (AvgIpc) is 2.79. The second-order valence-electron chi connectivity index (χ2n) is 4.40. The Morgan fingerprint density at radius 3 is 2.62 bits per heavy atom. The molecule has 0 aromatic heterocycles. The van der Waals surface area contributed by atoms with E-state index in [-0.39, 0.29) is 11.9 Å². The summed E-state index contributed by atoms with van der Waals surface area (Å²) < 4.78 is 0. The molecule has 0 heterocycles. The lowest BCUT2D eigenvalue weighted by atomic mass is 10.00. The highest BCUT2D eigenvalue weighted by Crippen LogP contribution is 2.27. The molecule has 0 radical (unpaired) electrons. The van der Waals surface area contributed by atoms with Crippen molar-refractivity contribution in [3.05, 3.63) is 0 Å². The summed E-state index contributed by atoms with van der Waals surface area (Å²) in [6, 6.07) is 0.759. The first-order valence-corrected chi connectivity index (χ1v) is 5.30. The van der Waals surface area contributed by atoms with E-state index in [2.05, 4.69) is 5.32 Å². The molecule has 3 nitrogen and oxygen atoms in total. The predicted molar refractivity (Wildman–Crippen MR) is 51.1 cm³/mol. The van der Waals surface area contributed by atoms with Crippen molar-refractivity contribution >= 4 is 5.91 Å². The average molecular weight is 182 g/mol. The molecule has 2 fully saturated rings. The molecule has 13 heavy (non-hydrogen) atoms. The zero-order chi connectivity index (χ0) is 9.26. The second-order valence-corrected chi connectivity index (χ2v) is 4.40. The number of hydrogen-bond acceptors (Lipinski definition) is 2. The SMILES string of the molecule is N[C@@H]1CCC[C@H]1CC(=O)NC1CC1. The van der Waals surface area contributed by atoms with Crippen molar-refractivity contribution in [3.8, 4) is 0 Å². The Bertz CT molecular complexity index is 201. The Morgan fingerprint density at radius 1 is 1.31 bits per heavy atom. The van der Waals surface area contributed by atoms with Gasteiger partial charge in [0, 0.05) is 18.5 Å². The third-order valence-corrected chi connectivity index (χ3v) is 3.11. The minimum atomic E-state index is 0.213. The van der Waals surface area contributed by atoms with Gasteiger partial charge >= 0.3 is 0 Å². The highest BCUT2D eigenvalue weighted by atomic mass is 16.1. The van der Waals surface area contributed by atoms with Gasteiger partial charge in [-0.15, -0.1) is 0 Å². The molecule has 3 N–H and O–H groups in total. The Hall–Kier alpha value is -0.570. The molecule has 0 aliphatic heterocycles. The molecule has 1 amide bonds. The van der Waals surface area contributed by atoms with Crippen molar-refractivity contribution in [2.45, 2.75) is 50.6 Å². The number of amides is 1. The molecule has 2 rings (SSSR count). The van der Waals surface area contributed by atoms with Crippen molar-refractivity contribution in [2.24, 2.45) is 11.7 Å². The largest absolute Gasteiger partial charge is 0.353 e. The van der Waals surface area contributed by atoms with Crippen molar-refractivity contribution < 1.29 is 4.79 Å². The minimum Gasteiger partial charge on any atom is -0.353 e. The molecular formula is C10H18N2O. The normalized spacial score (nSPS) is 33.3. The van der Waals surface area contributed by atoms with E-state index < -0.39 is 0 Å². The first kappa shape index (κ1) is 9.00. The summed E-state index contributed by atoms with van der Waals surface area (Å²) in [5.74, 6) is 0.656. The van der Waals surface area contributed by atoms with E-state index in [1.54, 1.807) is 0 Å². The van der Waals surface area contributed by atoms with Crippen molar-refractivity contribution in [1.82, 2.24) is 5.32 Å². The van der Waals surface area contributed by atoms with Crippen LogP contribution in [0.15, 0.2) is 0 Å². The molecule has 0 saturated heterocycles. The van der Waals surface area contributed by atoms with E-state index in [1.165, 1.54) is 19.3 Å². The topological polar surface area (TPSA) is 55.1 Å². The van der Waals surface area contributed by atoms with Gasteiger partial charge in [-0.25, -0.2) is 0 Å². The zero-order valence-electron chi connectivity index (χ0n) is 7.96. The molecule has 3 heteroatoms. The van der Waals surface area contributed by atoms with E-state index >= 15 is 0 Å². The number of nitrogens with two attached hydrogens (primary N) is 1. The summed E-state index contributed by atoms with van der Waals surface area (Å²) in [7, 11) is 0. The van der Waals surface area contributed by atoms with Gasteiger partial charge in [0.25, 0.3) is 0 Å². The Balaban J connectivity index is 1.72. The van der Waals surface area contributed by atoms with E-state index in [0.29, 0.717) is 18.4 Å². The lowest BCUT2D eigenvalue weighted by Crippen LogP contribution is -2.32. The number of carbonyl (C=O) groups excluding carboxylic acids is 1. The molecule has 2 aliphatic carbocycles. The predicted octanol–water partition coefficient (Wildman–Crippen LogP) is 0.782. The number of hydrogen-bond donors (Lipinski definition) is 2. The Labute approximate surface area is 79.1 Å². The number of rotatable bonds is 3. The first-order chi connectivity index (χ1) is 6.25. The fourth-order valence-corrected chi connectivity index (χ4v) is 2.07. The maximum Gasteiger partial charge on any atom is 0.220 e. The molecular weight excluding hydrogens is 164 g/mol. The molecule has 2 atom stereocenters. The molecule has 2 aliphatic rings. The van der Waals surface area contributed by atoms with Crippen LogP contribution in [-0.4, -0.2) is 18.0 Å². The smallest absolute Gasteiger partial charge is 0.220 e. The van der Waals surface area contributed by atoms with E-state index in [4.69, 9.17) is 5.73 Å². The van der Waals surface area contributed by atoms with Crippen LogP contribution in [-0.2, 0) is 4.79 Å². The van der Waals surface area contributed by atoms with Crippen LogP contribution < -0.4 is 11.1 Å². The molecule has 0 aromatic carbocycles. The van der Waals surface area contributed by atoms with Crippen LogP contribution in [0.3, 0.4) is 0 Å². The summed E-state index contributed by atoms with van der Waals surface area (Å²) in [6.07, 6.45) is 6.42. The van der Waals surface area contributed by atoms with Crippen LogP contribution in [0.1, 0.15) is 38.5 Å². The van der Waals surface area contributed by atoms with Gasteiger partial charge in [0.1, 0.15) is 0 Å². The molecule has 2 saturated carbocycles. The third-order valence-electron chi connectivity index (χ3n) is 3.11. The summed E-state index contributed by atoms with van der Waals surface area (Å²) in [5.41, 5.74) is 5.89. The van der Waals surface area contributed by atoms with Crippen LogP contribution in [0, 0.1) is 5.92 Å². The highest BCUT2D eigenvalue weighted by Gasteiger charge is 2.28. The maximum atomic E-state index is 11.4. The molecule has 0 bridgehead atoms. The molecule has 0 unspecified atom stereocenters. The van der Waals surface area contributed by atoms with E-state index in [1.807, 2.05) is 0 Å². The molecule has 0 aromatic rings. The van der Waals surface area contributed by atoms with E-state index in [0.717, 1.165) is 12.8 Å². The van der Waals surface area contributed by atoms with Crippen molar-refractivity contribution in [2.75, 3.05) is 0 Å². The fraction of sp³-hybridized carbons (Fsp3) is 0.900. The number of nitrogens with one attached hydrogen (secondary N) is 1. The Morgan fingerprint density at radius 2 is 2.08 bits per heavy atom. The summed E-state index contributed by atoms with van der Waals surface area (Å²) in [5, 5.41) is 3.01. The van der Waals surface area contributed by atoms with Crippen LogP contribution in [0.4, 0.5) is 0 Å². The van der Waals surface area contributed by atoms with Crippen LogP contribution in [0.2, 0.25) is 0 Å². The molecule has 74 valence electrons. The van der Waals surface area contributed by atoms with Gasteiger partial charge < -0.3 is 11.1 Å². The highest BCUT2D eigenvalue weighted by molar-refractivity contribution is 5.76. The second kappa shape index (κ2) is 3.66. The van der Waals surface area contributed by atoms with Gasteiger partial charge in [-0.05, 0) is 31.6 Å². The summed E-state index contributed by atoms with van der Waals surface area (Å²) in [6.45, 7) is 0. The molecule has 0 spiro atoms. The van der Waals surface area contributed by atoms with Gasteiger partial charge in [0.05, 0.1) is 0 Å². The van der Waals surface area contributed by atoms with Gasteiger partial charge in [-0.2, -0.15) is 0 Å². The van der Waals surface area contributed by atoms with Gasteiger partial charge in [0.2, 0.25) is 5.91 Å². The first-order valence-electron chi connectivity index (χ1n) is 5.30. The van der Waals surface area contributed by atoms with Gasteiger partial charge in [-0.1, -0.05) is 6.42 Å². The lowest BCUT2D eigenvalue weighted by molar-refractivity contribution is -0.122. The van der Waals surface area contributed by atoms with Gasteiger partial charge in [-0.3, -0.25) is 4.79 Å². The standard InChI is InChI=1S/C10H18N2O/c11-9-3-1-2-7(9)6-10(13)12-8-4-5-8/h7-9H,1-6,11H2,(H,12,13)/t7-,9+/m0/s1. The monoisotopic (exact) mass is 182 g/mol. The number of carbonyl (C=O) groups is 1.